The van der Waals surface area contributed by atoms with Gasteiger partial charge >= 0.3 is 0 Å². The molecule has 1 aromatic rings. The van der Waals surface area contributed by atoms with Gasteiger partial charge in [-0.3, -0.25) is 10.2 Å². The first-order valence-corrected chi connectivity index (χ1v) is 6.68. The molecule has 1 amide bonds. The van der Waals surface area contributed by atoms with Crippen molar-refractivity contribution >= 4 is 5.91 Å². The Balaban J connectivity index is 1.81. The molecule has 2 aliphatic rings. The molecule has 3 rings (SSSR count). The lowest BCUT2D eigenvalue weighted by Gasteiger charge is -2.34. The zero-order valence-electron chi connectivity index (χ0n) is 10.4. The van der Waals surface area contributed by atoms with Gasteiger partial charge in [0.15, 0.2) is 0 Å². The second-order valence-electron chi connectivity index (χ2n) is 5.07. The molecule has 18 heavy (non-hydrogen) atoms. The summed E-state index contributed by atoms with van der Waals surface area (Å²) < 4.78 is 0. The Hall–Kier alpha value is -1.39. The number of amides is 1. The van der Waals surface area contributed by atoms with Gasteiger partial charge in [0.05, 0.1) is 6.04 Å². The highest BCUT2D eigenvalue weighted by molar-refractivity contribution is 5.78. The minimum atomic E-state index is 0.134. The van der Waals surface area contributed by atoms with Gasteiger partial charge in [-0.2, -0.15) is 0 Å². The molecule has 2 saturated heterocycles. The van der Waals surface area contributed by atoms with E-state index in [1.165, 1.54) is 12.0 Å². The van der Waals surface area contributed by atoms with E-state index in [-0.39, 0.29) is 11.9 Å². The van der Waals surface area contributed by atoms with Crippen LogP contribution in [0.25, 0.3) is 0 Å². The molecule has 2 unspecified atom stereocenters. The zero-order chi connectivity index (χ0) is 12.4. The van der Waals surface area contributed by atoms with Crippen LogP contribution in [0.5, 0.6) is 0 Å². The van der Waals surface area contributed by atoms with E-state index < -0.39 is 0 Å². The van der Waals surface area contributed by atoms with Crippen molar-refractivity contribution < 1.29 is 4.79 Å². The molecule has 0 bridgehead atoms. The number of carbonyl (C=O) groups excluding carboxylic acids is 1. The molecule has 1 aromatic carbocycles. The quantitative estimate of drug-likeness (QED) is 0.823. The number of hydrazine groups is 1. The molecule has 2 atom stereocenters. The molecule has 0 saturated carbocycles. The van der Waals surface area contributed by atoms with Crippen LogP contribution in [-0.4, -0.2) is 30.0 Å². The van der Waals surface area contributed by atoms with E-state index >= 15 is 0 Å². The smallest absolute Gasteiger partial charge is 0.236 e. The van der Waals surface area contributed by atoms with E-state index in [0.29, 0.717) is 12.5 Å². The van der Waals surface area contributed by atoms with Gasteiger partial charge in [-0.15, -0.1) is 0 Å². The Morgan fingerprint density at radius 2 is 2.06 bits per heavy atom. The number of rotatable bonds is 2. The minimum absolute atomic E-state index is 0.134. The van der Waals surface area contributed by atoms with Crippen LogP contribution in [0.4, 0.5) is 0 Å². The van der Waals surface area contributed by atoms with E-state index in [9.17, 15) is 4.79 Å². The number of nitrogens with zero attached hydrogens (tertiary/aromatic N) is 1. The van der Waals surface area contributed by atoms with Crippen molar-refractivity contribution in [1.82, 2.24) is 15.8 Å². The average molecular weight is 245 g/mol. The summed E-state index contributed by atoms with van der Waals surface area (Å²) in [4.78, 5) is 11.7. The topological polar surface area (TPSA) is 44.4 Å². The summed E-state index contributed by atoms with van der Waals surface area (Å²) in [6, 6.07) is 10.9. The molecular weight excluding hydrogens is 226 g/mol. The largest absolute Gasteiger partial charge is 0.315 e. The summed E-state index contributed by atoms with van der Waals surface area (Å²) in [6.45, 7) is 2.05. The molecule has 0 radical (unpaired) electrons. The third-order valence-electron chi connectivity index (χ3n) is 3.82. The van der Waals surface area contributed by atoms with E-state index in [2.05, 4.69) is 27.9 Å². The molecule has 0 aliphatic carbocycles. The van der Waals surface area contributed by atoms with E-state index in [1.807, 2.05) is 18.2 Å². The lowest BCUT2D eigenvalue weighted by atomic mass is 10.0. The van der Waals surface area contributed by atoms with Crippen molar-refractivity contribution in [3.63, 3.8) is 0 Å². The summed E-state index contributed by atoms with van der Waals surface area (Å²) >= 11 is 0. The van der Waals surface area contributed by atoms with Gasteiger partial charge in [0, 0.05) is 19.0 Å². The molecule has 0 spiro atoms. The van der Waals surface area contributed by atoms with E-state index in [1.54, 1.807) is 0 Å². The van der Waals surface area contributed by atoms with Crippen LogP contribution < -0.4 is 10.7 Å². The maximum Gasteiger partial charge on any atom is 0.236 e. The maximum atomic E-state index is 11.7. The van der Waals surface area contributed by atoms with Crippen LogP contribution in [0, 0.1) is 0 Å². The summed E-state index contributed by atoms with van der Waals surface area (Å²) in [6.07, 6.45) is 2.90. The fraction of sp³-hybridized carbons (Fsp3) is 0.500. The predicted octanol–water partition coefficient (Wildman–Crippen LogP) is 1.22. The van der Waals surface area contributed by atoms with Crippen LogP contribution in [0.3, 0.4) is 0 Å². The van der Waals surface area contributed by atoms with Crippen molar-refractivity contribution in [2.75, 3.05) is 13.1 Å². The number of benzene rings is 1. The van der Waals surface area contributed by atoms with Crippen LogP contribution in [-0.2, 0) is 4.79 Å². The Kier molecular flexibility index (Phi) is 3.30. The number of nitrogens with one attached hydrogen (secondary N) is 2. The lowest BCUT2D eigenvalue weighted by molar-refractivity contribution is -0.121. The Labute approximate surface area is 107 Å². The second-order valence-corrected chi connectivity index (χ2v) is 5.07. The first kappa shape index (κ1) is 11.7. The van der Waals surface area contributed by atoms with Crippen molar-refractivity contribution in [2.45, 2.75) is 31.3 Å². The highest BCUT2D eigenvalue weighted by atomic mass is 16.2. The van der Waals surface area contributed by atoms with Gasteiger partial charge in [0.2, 0.25) is 5.91 Å². The highest BCUT2D eigenvalue weighted by Crippen LogP contribution is 2.30. The molecule has 0 aromatic heterocycles. The summed E-state index contributed by atoms with van der Waals surface area (Å²) in [5.41, 5.74) is 4.25. The average Bonchev–Trinajstić information content (AvgIpc) is 2.83. The molecular formula is C14H19N3O. The number of hydrogen-bond donors (Lipinski definition) is 2. The summed E-state index contributed by atoms with van der Waals surface area (Å²) in [5, 5.41) is 5.56. The predicted molar refractivity (Wildman–Crippen MR) is 69.7 cm³/mol. The monoisotopic (exact) mass is 245 g/mol. The summed E-state index contributed by atoms with van der Waals surface area (Å²) in [5.74, 6) is 0.134. The standard InChI is InChI=1S/C14H19N3O/c18-14-9-13(11-5-2-1-3-6-11)17(16-14)12-7-4-8-15-10-12/h1-3,5-6,12-13,15H,4,7-10H2,(H,16,18). The van der Waals surface area contributed by atoms with Gasteiger partial charge < -0.3 is 5.32 Å². The number of hydrogen-bond acceptors (Lipinski definition) is 3. The maximum absolute atomic E-state index is 11.7. The second kappa shape index (κ2) is 5.08. The van der Waals surface area contributed by atoms with Gasteiger partial charge in [0.25, 0.3) is 0 Å². The molecule has 96 valence electrons. The first-order valence-electron chi connectivity index (χ1n) is 6.68. The van der Waals surface area contributed by atoms with Crippen molar-refractivity contribution in [1.29, 1.82) is 0 Å². The van der Waals surface area contributed by atoms with Gasteiger partial charge in [-0.25, -0.2) is 5.01 Å². The van der Waals surface area contributed by atoms with E-state index in [4.69, 9.17) is 0 Å². The third kappa shape index (κ3) is 2.26. The number of piperidine rings is 1. The minimum Gasteiger partial charge on any atom is -0.315 e. The highest BCUT2D eigenvalue weighted by Gasteiger charge is 2.36. The van der Waals surface area contributed by atoms with Crippen molar-refractivity contribution in [3.8, 4) is 0 Å². The molecule has 4 nitrogen and oxygen atoms in total. The molecule has 2 aliphatic heterocycles. The van der Waals surface area contributed by atoms with E-state index in [0.717, 1.165) is 19.5 Å². The zero-order valence-corrected chi connectivity index (χ0v) is 10.4. The Morgan fingerprint density at radius 3 is 2.78 bits per heavy atom. The van der Waals surface area contributed by atoms with Gasteiger partial charge in [-0.1, -0.05) is 30.3 Å². The number of carbonyl (C=O) groups is 1. The van der Waals surface area contributed by atoms with Crippen molar-refractivity contribution in [3.05, 3.63) is 35.9 Å². The molecule has 2 fully saturated rings. The molecule has 2 heterocycles. The van der Waals surface area contributed by atoms with Gasteiger partial charge in [-0.05, 0) is 24.9 Å². The summed E-state index contributed by atoms with van der Waals surface area (Å²) in [7, 11) is 0. The fourth-order valence-corrected chi connectivity index (χ4v) is 2.91. The normalized spacial score (nSPS) is 29.2. The van der Waals surface area contributed by atoms with Crippen LogP contribution in [0.2, 0.25) is 0 Å². The SMILES string of the molecule is O=C1CC(c2ccccc2)N(C2CCCNC2)N1. The third-order valence-corrected chi connectivity index (χ3v) is 3.82. The van der Waals surface area contributed by atoms with Gasteiger partial charge in [0.1, 0.15) is 0 Å². The Morgan fingerprint density at radius 1 is 1.22 bits per heavy atom. The molecule has 4 heteroatoms. The van der Waals surface area contributed by atoms with Crippen LogP contribution in [0.15, 0.2) is 30.3 Å². The Bertz CT molecular complexity index is 414. The molecule has 2 N–H and O–H groups in total. The van der Waals surface area contributed by atoms with Crippen LogP contribution >= 0.6 is 0 Å². The van der Waals surface area contributed by atoms with Crippen LogP contribution in [0.1, 0.15) is 30.9 Å². The fourth-order valence-electron chi connectivity index (χ4n) is 2.91. The first-order chi connectivity index (χ1) is 8.84. The lowest BCUT2D eigenvalue weighted by Crippen LogP contribution is -2.50. The van der Waals surface area contributed by atoms with Crippen molar-refractivity contribution in [2.24, 2.45) is 0 Å².